The first-order valence-corrected chi connectivity index (χ1v) is 6.32. The molecule has 1 rings (SSSR count). The van der Waals surface area contributed by atoms with Crippen LogP contribution in [0.25, 0.3) is 0 Å². The maximum Gasteiger partial charge on any atom is 0.0940 e. The van der Waals surface area contributed by atoms with Crippen LogP contribution in [0, 0.1) is 0 Å². The Morgan fingerprint density at radius 1 is 1.54 bits per heavy atom. The van der Waals surface area contributed by atoms with Crippen LogP contribution in [0.1, 0.15) is 20.3 Å². The topological polar surface area (TPSA) is 26.0 Å². The Kier molecular flexibility index (Phi) is 4.10. The summed E-state index contributed by atoms with van der Waals surface area (Å²) in [7, 11) is 0. The third-order valence-corrected chi connectivity index (χ3v) is 4.00. The van der Waals surface area contributed by atoms with E-state index in [-0.39, 0.29) is 5.54 Å². The minimum absolute atomic E-state index is 0.0615. The predicted octanol–water partition coefficient (Wildman–Crippen LogP) is 3.62. The lowest BCUT2D eigenvalue weighted by molar-refractivity contribution is 0.506. The fourth-order valence-corrected chi connectivity index (χ4v) is 3.45. The Labute approximate surface area is 92.7 Å². The van der Waals surface area contributed by atoms with Gasteiger partial charge in [-0.3, -0.25) is 0 Å². The summed E-state index contributed by atoms with van der Waals surface area (Å²) >= 11 is 9.26. The standard InChI is InChI=1S/C9H14ClNS2/c1-9(2,11)5-6-12-8-4-3-7(10)13-8/h3-4H,5-6,11H2,1-2H3. The highest BCUT2D eigenvalue weighted by Gasteiger charge is 2.10. The molecular weight excluding hydrogens is 222 g/mol. The largest absolute Gasteiger partial charge is 0.326 e. The second kappa shape index (κ2) is 4.69. The van der Waals surface area contributed by atoms with Crippen molar-refractivity contribution in [3.63, 3.8) is 0 Å². The fraction of sp³-hybridized carbons (Fsp3) is 0.556. The van der Waals surface area contributed by atoms with Gasteiger partial charge >= 0.3 is 0 Å². The molecule has 0 amide bonds. The summed E-state index contributed by atoms with van der Waals surface area (Å²) in [6.07, 6.45) is 1.02. The molecule has 0 aliphatic carbocycles. The number of hydrogen-bond donors (Lipinski definition) is 1. The first-order valence-electron chi connectivity index (χ1n) is 4.14. The van der Waals surface area contributed by atoms with Crippen LogP contribution in [0.5, 0.6) is 0 Å². The van der Waals surface area contributed by atoms with Crippen LogP contribution >= 0.6 is 34.7 Å². The van der Waals surface area contributed by atoms with Crippen molar-refractivity contribution in [2.45, 2.75) is 30.0 Å². The maximum absolute atomic E-state index is 5.87. The maximum atomic E-state index is 5.87. The van der Waals surface area contributed by atoms with Crippen LogP contribution < -0.4 is 5.73 Å². The SMILES string of the molecule is CC(C)(N)CCSc1ccc(Cl)s1. The van der Waals surface area contributed by atoms with Crippen LogP contribution in [-0.4, -0.2) is 11.3 Å². The van der Waals surface area contributed by atoms with Crippen LogP contribution in [0.15, 0.2) is 16.3 Å². The molecule has 1 aromatic rings. The van der Waals surface area contributed by atoms with E-state index in [9.17, 15) is 0 Å². The summed E-state index contributed by atoms with van der Waals surface area (Å²) in [5.74, 6) is 1.06. The molecule has 0 aliphatic rings. The smallest absolute Gasteiger partial charge is 0.0940 e. The normalized spacial score (nSPS) is 12.0. The number of rotatable bonds is 4. The van der Waals surface area contributed by atoms with Crippen molar-refractivity contribution in [2.75, 3.05) is 5.75 Å². The molecule has 0 saturated carbocycles. The summed E-state index contributed by atoms with van der Waals surface area (Å²) in [4.78, 5) is 0. The van der Waals surface area contributed by atoms with E-state index in [2.05, 4.69) is 19.9 Å². The molecule has 4 heteroatoms. The van der Waals surface area contributed by atoms with Gasteiger partial charge in [-0.15, -0.1) is 23.1 Å². The van der Waals surface area contributed by atoms with E-state index in [1.54, 1.807) is 11.3 Å². The number of thiophene rings is 1. The quantitative estimate of drug-likeness (QED) is 0.807. The van der Waals surface area contributed by atoms with Gasteiger partial charge in [0.2, 0.25) is 0 Å². The second-order valence-electron chi connectivity index (χ2n) is 3.65. The van der Waals surface area contributed by atoms with Crippen LogP contribution in [0.4, 0.5) is 0 Å². The fourth-order valence-electron chi connectivity index (χ4n) is 0.790. The average Bonchev–Trinajstić information content (AvgIpc) is 2.33. The molecule has 0 radical (unpaired) electrons. The molecule has 0 atom stereocenters. The zero-order valence-corrected chi connectivity index (χ0v) is 10.2. The molecular formula is C9H14ClNS2. The van der Waals surface area contributed by atoms with E-state index in [1.165, 1.54) is 4.21 Å². The second-order valence-corrected chi connectivity index (χ2v) is 6.76. The van der Waals surface area contributed by atoms with Gasteiger partial charge in [0.25, 0.3) is 0 Å². The summed E-state index contributed by atoms with van der Waals surface area (Å²) in [6, 6.07) is 3.99. The molecule has 0 bridgehead atoms. The molecule has 13 heavy (non-hydrogen) atoms. The minimum atomic E-state index is -0.0615. The van der Waals surface area contributed by atoms with Crippen molar-refractivity contribution < 1.29 is 0 Å². The van der Waals surface area contributed by atoms with Gasteiger partial charge in [-0.05, 0) is 32.4 Å². The summed E-state index contributed by atoms with van der Waals surface area (Å²) in [6.45, 7) is 4.10. The molecule has 0 spiro atoms. The van der Waals surface area contributed by atoms with Crippen molar-refractivity contribution in [1.82, 2.24) is 0 Å². The first-order chi connectivity index (χ1) is 5.97. The van der Waals surface area contributed by atoms with Gasteiger partial charge in [0.15, 0.2) is 0 Å². The average molecular weight is 236 g/mol. The van der Waals surface area contributed by atoms with Crippen molar-refractivity contribution in [3.05, 3.63) is 16.5 Å². The van der Waals surface area contributed by atoms with Gasteiger partial charge in [-0.1, -0.05) is 11.6 Å². The number of halogens is 1. The zero-order valence-electron chi connectivity index (χ0n) is 7.84. The monoisotopic (exact) mass is 235 g/mol. The lowest BCUT2D eigenvalue weighted by atomic mass is 10.0. The highest BCUT2D eigenvalue weighted by atomic mass is 35.5. The lowest BCUT2D eigenvalue weighted by Gasteiger charge is -2.17. The highest BCUT2D eigenvalue weighted by Crippen LogP contribution is 2.31. The number of nitrogens with two attached hydrogens (primary N) is 1. The lowest BCUT2D eigenvalue weighted by Crippen LogP contribution is -2.32. The van der Waals surface area contributed by atoms with Gasteiger partial charge in [-0.2, -0.15) is 0 Å². The summed E-state index contributed by atoms with van der Waals surface area (Å²) < 4.78 is 2.13. The van der Waals surface area contributed by atoms with Crippen molar-refractivity contribution in [2.24, 2.45) is 5.73 Å². The Hall–Kier alpha value is 0.300. The van der Waals surface area contributed by atoms with Crippen molar-refractivity contribution >= 4 is 34.7 Å². The molecule has 74 valence electrons. The molecule has 1 aromatic heterocycles. The molecule has 1 nitrogen and oxygen atoms in total. The van der Waals surface area contributed by atoms with Gasteiger partial charge < -0.3 is 5.73 Å². The number of thioether (sulfide) groups is 1. The van der Waals surface area contributed by atoms with Crippen LogP contribution in [0.3, 0.4) is 0 Å². The molecule has 0 saturated heterocycles. The third kappa shape index (κ3) is 4.91. The van der Waals surface area contributed by atoms with E-state index < -0.39 is 0 Å². The summed E-state index contributed by atoms with van der Waals surface area (Å²) in [5.41, 5.74) is 5.81. The molecule has 1 heterocycles. The Morgan fingerprint density at radius 3 is 2.69 bits per heavy atom. The van der Waals surface area contributed by atoms with Crippen LogP contribution in [0.2, 0.25) is 4.34 Å². The zero-order chi connectivity index (χ0) is 9.90. The number of hydrogen-bond acceptors (Lipinski definition) is 3. The van der Waals surface area contributed by atoms with E-state index in [4.69, 9.17) is 17.3 Å². The Morgan fingerprint density at radius 2 is 2.23 bits per heavy atom. The van der Waals surface area contributed by atoms with Crippen LogP contribution in [-0.2, 0) is 0 Å². The minimum Gasteiger partial charge on any atom is -0.326 e. The van der Waals surface area contributed by atoms with Gasteiger partial charge in [0.1, 0.15) is 0 Å². The molecule has 0 fully saturated rings. The van der Waals surface area contributed by atoms with Gasteiger partial charge in [0.05, 0.1) is 8.55 Å². The first kappa shape index (κ1) is 11.4. The molecule has 2 N–H and O–H groups in total. The molecule has 0 aliphatic heterocycles. The third-order valence-electron chi connectivity index (χ3n) is 1.54. The van der Waals surface area contributed by atoms with Gasteiger partial charge in [0, 0.05) is 11.3 Å². The van der Waals surface area contributed by atoms with E-state index in [0.717, 1.165) is 16.5 Å². The van der Waals surface area contributed by atoms with E-state index in [0.29, 0.717) is 0 Å². The highest BCUT2D eigenvalue weighted by molar-refractivity contribution is 8.01. The molecule has 0 aromatic carbocycles. The van der Waals surface area contributed by atoms with Crippen molar-refractivity contribution in [3.8, 4) is 0 Å². The van der Waals surface area contributed by atoms with E-state index >= 15 is 0 Å². The Balaban J connectivity index is 2.28. The molecule has 0 unspecified atom stereocenters. The van der Waals surface area contributed by atoms with Gasteiger partial charge in [-0.25, -0.2) is 0 Å². The Bertz CT molecular complexity index is 265. The van der Waals surface area contributed by atoms with Crippen molar-refractivity contribution in [1.29, 1.82) is 0 Å². The summed E-state index contributed by atoms with van der Waals surface area (Å²) in [5, 5.41) is 0. The predicted molar refractivity (Wildman–Crippen MR) is 62.9 cm³/mol. The van der Waals surface area contributed by atoms with E-state index in [1.807, 2.05) is 17.8 Å².